The Morgan fingerprint density at radius 1 is 0.822 bits per heavy atom. The Labute approximate surface area is 294 Å². The van der Waals surface area contributed by atoms with E-state index < -0.39 is 24.9 Å². The van der Waals surface area contributed by atoms with Crippen molar-refractivity contribution in [3.8, 4) is 0 Å². The van der Waals surface area contributed by atoms with E-state index in [1.54, 1.807) is 19.1 Å². The van der Waals surface area contributed by atoms with Crippen molar-refractivity contribution in [1.82, 2.24) is 9.14 Å². The van der Waals surface area contributed by atoms with Crippen molar-refractivity contribution in [1.29, 1.82) is 0 Å². The van der Waals surface area contributed by atoms with Crippen molar-refractivity contribution in [2.24, 2.45) is 16.6 Å². The molecular weight excluding hydrogens is 794 g/mol. The highest BCUT2D eigenvalue weighted by Crippen LogP contribution is 2.54. The minimum absolute atomic E-state index is 0.0734. The van der Waals surface area contributed by atoms with E-state index in [1.807, 2.05) is 17.4 Å². The van der Waals surface area contributed by atoms with Gasteiger partial charge in [0.05, 0.1) is 20.0 Å². The molecule has 4 aliphatic rings. The van der Waals surface area contributed by atoms with E-state index in [0.29, 0.717) is 16.9 Å². The van der Waals surface area contributed by atoms with Crippen molar-refractivity contribution in [2.45, 2.75) is 75.0 Å². The van der Waals surface area contributed by atoms with Gasteiger partial charge in [-0.15, -0.1) is 0 Å². The van der Waals surface area contributed by atoms with Crippen LogP contribution in [-0.4, -0.2) is 60.5 Å². The summed E-state index contributed by atoms with van der Waals surface area (Å²) >= 11 is 12.2. The lowest BCUT2D eigenvalue weighted by molar-refractivity contribution is 0.266. The van der Waals surface area contributed by atoms with Gasteiger partial charge in [0.25, 0.3) is 9.05 Å². The van der Waals surface area contributed by atoms with Crippen LogP contribution in [0.15, 0.2) is 55.1 Å². The number of nitrogens with two attached hydrogens (primary N) is 1. The number of nitrogens with one attached hydrogen (secondary N) is 1. The number of rotatable bonds is 5. The molecule has 2 aromatic rings. The van der Waals surface area contributed by atoms with E-state index in [2.05, 4.69) is 41.5 Å². The summed E-state index contributed by atoms with van der Waals surface area (Å²) < 4.78 is 63.4. The lowest BCUT2D eigenvalue weighted by Gasteiger charge is -2.34. The quantitative estimate of drug-likeness (QED) is 0.236. The largest absolute Gasteiger partial charge is 0.371 e. The summed E-state index contributed by atoms with van der Waals surface area (Å²) in [6, 6.07) is 8.55. The lowest BCUT2D eigenvalue weighted by Crippen LogP contribution is -2.34. The Balaban J connectivity index is 0.000000194. The highest BCUT2D eigenvalue weighted by molar-refractivity contribution is 9.10. The van der Waals surface area contributed by atoms with Crippen LogP contribution in [0.4, 0.5) is 10.1 Å². The van der Waals surface area contributed by atoms with Gasteiger partial charge in [0.2, 0.25) is 10.0 Å². The zero-order valence-corrected chi connectivity index (χ0v) is 32.0. The van der Waals surface area contributed by atoms with E-state index >= 15 is 0 Å². The SMILES string of the molecule is CCN.CCNS(=O)(=O)c1ccc(N2CCC3(CC2)CC3)c(Br)c1.ClN1CCC2(CC1)CC2.O=S(=O)(Cl)c1ccc(F)c(Br)c1. The fraction of sp³-hybridized carbons (Fsp3) is 0.600. The number of nitrogens with zero attached hydrogens (tertiary/aromatic N) is 2. The molecule has 6 rings (SSSR count). The van der Waals surface area contributed by atoms with Crippen molar-refractivity contribution < 1.29 is 21.2 Å². The molecule has 0 aromatic heterocycles. The summed E-state index contributed by atoms with van der Waals surface area (Å²) in [6.45, 7) is 9.19. The second-order valence-corrected chi connectivity index (χ2v) is 18.5. The average Bonchev–Trinajstić information content (AvgIpc) is 3.92. The minimum Gasteiger partial charge on any atom is -0.371 e. The molecule has 0 radical (unpaired) electrons. The van der Waals surface area contributed by atoms with Crippen molar-refractivity contribution >= 4 is 79.1 Å². The Hall–Kier alpha value is -0.510. The van der Waals surface area contributed by atoms with Crippen molar-refractivity contribution in [3.63, 3.8) is 0 Å². The van der Waals surface area contributed by atoms with Crippen molar-refractivity contribution in [2.75, 3.05) is 44.2 Å². The molecule has 0 unspecified atom stereocenters. The van der Waals surface area contributed by atoms with E-state index in [0.717, 1.165) is 66.5 Å². The van der Waals surface area contributed by atoms with Gasteiger partial charge in [0.1, 0.15) is 5.82 Å². The number of sulfonamides is 1. The van der Waals surface area contributed by atoms with Gasteiger partial charge < -0.3 is 10.6 Å². The number of anilines is 1. The van der Waals surface area contributed by atoms with Gasteiger partial charge >= 0.3 is 0 Å². The van der Waals surface area contributed by atoms with Crippen LogP contribution in [0.3, 0.4) is 0 Å². The maximum Gasteiger partial charge on any atom is 0.261 e. The van der Waals surface area contributed by atoms with Crippen LogP contribution in [0.25, 0.3) is 0 Å². The number of halogens is 5. The molecule has 2 aliphatic carbocycles. The Kier molecular flexibility index (Phi) is 14.5. The second kappa shape index (κ2) is 16.7. The zero-order valence-electron chi connectivity index (χ0n) is 25.7. The Morgan fingerprint density at radius 3 is 1.71 bits per heavy atom. The van der Waals surface area contributed by atoms with Gasteiger partial charge in [-0.3, -0.25) is 0 Å². The summed E-state index contributed by atoms with van der Waals surface area (Å²) in [5, 5.41) is 0. The average molecular weight is 838 g/mol. The standard InChI is InChI=1S/C15H21BrN2O2S.C7H12ClN.C6H3BrClFO2S.C2H7N/c1-2-17-21(19,20)12-3-4-14(13(16)11-12)18-9-7-15(5-6-15)8-10-18;8-9-5-3-7(1-2-7)4-6-9;7-5-3-4(12(8,10)11)1-2-6(5)9;1-2-3/h3-4,11,17H,2,5-10H2,1H3;1-6H2;1-3H;2-3H2,1H3. The smallest absolute Gasteiger partial charge is 0.261 e. The summed E-state index contributed by atoms with van der Waals surface area (Å²) in [6.07, 6.45) is 10.9. The molecule has 8 nitrogen and oxygen atoms in total. The molecule has 2 aromatic carbocycles. The van der Waals surface area contributed by atoms with Gasteiger partial charge in [-0.2, -0.15) is 0 Å². The first-order chi connectivity index (χ1) is 21.1. The molecule has 2 heterocycles. The highest BCUT2D eigenvalue weighted by Gasteiger charge is 2.45. The number of hydrogen-bond donors (Lipinski definition) is 2. The van der Waals surface area contributed by atoms with Crippen LogP contribution in [0.2, 0.25) is 0 Å². The molecule has 2 saturated carbocycles. The fourth-order valence-corrected chi connectivity index (χ4v) is 8.67. The van der Waals surface area contributed by atoms with Gasteiger partial charge in [-0.1, -0.05) is 13.8 Å². The van der Waals surface area contributed by atoms with Crippen molar-refractivity contribution in [3.05, 3.63) is 51.2 Å². The van der Waals surface area contributed by atoms with Crippen LogP contribution < -0.4 is 15.4 Å². The molecule has 3 N–H and O–H groups in total. The molecule has 0 bridgehead atoms. The third-order valence-electron chi connectivity index (χ3n) is 8.58. The monoisotopic (exact) mass is 834 g/mol. The maximum atomic E-state index is 12.6. The highest BCUT2D eigenvalue weighted by atomic mass is 79.9. The van der Waals surface area contributed by atoms with E-state index in [4.69, 9.17) is 28.2 Å². The molecule has 0 atom stereocenters. The summed E-state index contributed by atoms with van der Waals surface area (Å²) in [5.41, 5.74) is 7.38. The maximum absolute atomic E-state index is 12.6. The normalized spacial score (nSPS) is 19.8. The molecule has 2 spiro atoms. The van der Waals surface area contributed by atoms with E-state index in [1.165, 1.54) is 51.4 Å². The Bertz CT molecular complexity index is 1490. The van der Waals surface area contributed by atoms with Crippen LogP contribution in [0, 0.1) is 16.6 Å². The van der Waals surface area contributed by atoms with E-state index in [-0.39, 0.29) is 9.37 Å². The summed E-state index contributed by atoms with van der Waals surface area (Å²) in [7, 11) is -2.14. The van der Waals surface area contributed by atoms with E-state index in [9.17, 15) is 21.2 Å². The van der Waals surface area contributed by atoms with Gasteiger partial charge in [0.15, 0.2) is 0 Å². The number of piperidine rings is 2. The number of hydrogen-bond acceptors (Lipinski definition) is 7. The fourth-order valence-electron chi connectivity index (χ4n) is 5.34. The predicted octanol–water partition coefficient (Wildman–Crippen LogP) is 7.62. The molecule has 4 fully saturated rings. The van der Waals surface area contributed by atoms with Crippen LogP contribution >= 0.6 is 54.3 Å². The summed E-state index contributed by atoms with van der Waals surface area (Å²) in [5.74, 6) is -0.529. The second-order valence-electron chi connectivity index (χ2n) is 11.9. The predicted molar refractivity (Wildman–Crippen MR) is 188 cm³/mol. The molecule has 254 valence electrons. The van der Waals surface area contributed by atoms with Crippen LogP contribution in [0.5, 0.6) is 0 Å². The van der Waals surface area contributed by atoms with Gasteiger partial charge in [0, 0.05) is 47.9 Å². The summed E-state index contributed by atoms with van der Waals surface area (Å²) in [4.78, 5) is 2.55. The molecule has 2 saturated heterocycles. The third-order valence-corrected chi connectivity index (χ3v) is 13.1. The molecule has 15 heteroatoms. The zero-order chi connectivity index (χ0) is 33.5. The van der Waals surface area contributed by atoms with Crippen LogP contribution in [-0.2, 0) is 19.1 Å². The first kappa shape index (κ1) is 38.9. The first-order valence-electron chi connectivity index (χ1n) is 15.1. The molecule has 0 amide bonds. The van der Waals surface area contributed by atoms with Crippen LogP contribution in [0.1, 0.15) is 65.2 Å². The first-order valence-corrected chi connectivity index (χ1v) is 20.9. The minimum atomic E-state index is -3.77. The topological polar surface area (TPSA) is 113 Å². The Morgan fingerprint density at radius 2 is 1.29 bits per heavy atom. The number of benzene rings is 2. The molecular formula is C30H43Br2Cl2FN4O4S2. The van der Waals surface area contributed by atoms with Gasteiger partial charge in [-0.25, -0.2) is 30.4 Å². The molecule has 45 heavy (non-hydrogen) atoms. The third kappa shape index (κ3) is 11.8. The lowest BCUT2D eigenvalue weighted by atomic mass is 9.93. The van der Waals surface area contributed by atoms with Gasteiger partial charge in [-0.05, 0) is 149 Å². The molecule has 2 aliphatic heterocycles.